The molecule has 0 radical (unpaired) electrons. The molecule has 0 atom stereocenters. The molecular weight excluding hydrogens is 210 g/mol. The van der Waals surface area contributed by atoms with Crippen LogP contribution < -0.4 is 5.32 Å². The van der Waals surface area contributed by atoms with E-state index in [1.54, 1.807) is 5.32 Å². The van der Waals surface area contributed by atoms with E-state index in [2.05, 4.69) is 13.0 Å². The van der Waals surface area contributed by atoms with E-state index >= 15 is 0 Å². The second-order valence-electron chi connectivity index (χ2n) is 3.55. The van der Waals surface area contributed by atoms with Crippen molar-refractivity contribution in [2.45, 2.75) is 26.7 Å². The number of alkyl halides is 1. The molecule has 0 unspecified atom stereocenters. The smallest absolute Gasteiger partial charge is 0.251 e. The van der Waals surface area contributed by atoms with Crippen LogP contribution in [0, 0.1) is 6.92 Å². The number of halogens is 1. The van der Waals surface area contributed by atoms with Crippen LogP contribution in [-0.2, 0) is 11.2 Å². The Morgan fingerprint density at radius 1 is 1.47 bits per heavy atom. The fourth-order valence-corrected chi connectivity index (χ4v) is 1.77. The maximum atomic E-state index is 11.5. The van der Waals surface area contributed by atoms with Gasteiger partial charge in [-0.3, -0.25) is 5.32 Å². The van der Waals surface area contributed by atoms with Crippen molar-refractivity contribution >= 4 is 23.2 Å². The van der Waals surface area contributed by atoms with Crippen LogP contribution in [-0.4, -0.2) is 11.8 Å². The number of primary amides is 1. The van der Waals surface area contributed by atoms with Gasteiger partial charge < -0.3 is 0 Å². The summed E-state index contributed by atoms with van der Waals surface area (Å²) >= 11 is 5.54. The summed E-state index contributed by atoms with van der Waals surface area (Å²) in [7, 11) is 0. The third kappa shape index (κ3) is 3.33. The van der Waals surface area contributed by atoms with Gasteiger partial charge in [-0.25, -0.2) is 4.79 Å². The molecule has 0 heterocycles. The topological polar surface area (TPSA) is 33.7 Å². The fraction of sp³-hybridized carbons (Fsp3) is 0.417. The minimum Gasteiger partial charge on any atom is -0.251 e. The Morgan fingerprint density at radius 2 is 2.20 bits per heavy atom. The Labute approximate surface area is 95.6 Å². The minimum absolute atomic E-state index is 0.106. The molecule has 0 aliphatic rings. The number of quaternary nitrogens is 1. The Kier molecular flexibility index (Phi) is 4.79. The highest BCUT2D eigenvalue weighted by Gasteiger charge is 2.12. The monoisotopic (exact) mass is 226 g/mol. The summed E-state index contributed by atoms with van der Waals surface area (Å²) in [6, 6.07) is 6.11. The maximum absolute atomic E-state index is 11.5. The normalized spacial score (nSPS) is 10.3. The Morgan fingerprint density at radius 3 is 2.80 bits per heavy atom. The zero-order chi connectivity index (χ0) is 11.3. The summed E-state index contributed by atoms with van der Waals surface area (Å²) in [5, 5.41) is 1.72. The number of rotatable bonds is 4. The van der Waals surface area contributed by atoms with E-state index in [1.807, 2.05) is 19.1 Å². The highest BCUT2D eigenvalue weighted by Crippen LogP contribution is 2.15. The molecule has 2 nitrogen and oxygen atoms in total. The number of para-hydroxylation sites is 1. The molecule has 0 aliphatic carbocycles. The maximum Gasteiger partial charge on any atom is 0.316 e. The first-order valence-corrected chi connectivity index (χ1v) is 5.74. The summed E-state index contributed by atoms with van der Waals surface area (Å²) in [5.74, 6) is 0.497. The van der Waals surface area contributed by atoms with Gasteiger partial charge in [-0.15, -0.1) is 11.6 Å². The summed E-state index contributed by atoms with van der Waals surface area (Å²) in [6.45, 7) is 4.12. The summed E-state index contributed by atoms with van der Waals surface area (Å²) in [6.07, 6.45) is 1.36. The highest BCUT2D eigenvalue weighted by molar-refractivity contribution is 6.18. The average molecular weight is 227 g/mol. The van der Waals surface area contributed by atoms with Crippen molar-refractivity contribution in [1.29, 1.82) is 0 Å². The summed E-state index contributed by atoms with van der Waals surface area (Å²) < 4.78 is 0. The van der Waals surface area contributed by atoms with E-state index in [1.165, 1.54) is 5.56 Å². The first-order valence-electron chi connectivity index (χ1n) is 5.21. The summed E-state index contributed by atoms with van der Waals surface area (Å²) in [4.78, 5) is 11.5. The number of hydrogen-bond acceptors (Lipinski definition) is 1. The molecule has 15 heavy (non-hydrogen) atoms. The second kappa shape index (κ2) is 5.89. The van der Waals surface area contributed by atoms with Crippen molar-refractivity contribution in [3.05, 3.63) is 29.3 Å². The van der Waals surface area contributed by atoms with Gasteiger partial charge in [0.25, 0.3) is 0 Å². The zero-order valence-electron chi connectivity index (χ0n) is 9.22. The third-order valence-corrected chi connectivity index (χ3v) is 2.63. The van der Waals surface area contributed by atoms with Gasteiger partial charge in [-0.1, -0.05) is 25.1 Å². The average Bonchev–Trinajstić information content (AvgIpc) is 2.21. The zero-order valence-corrected chi connectivity index (χ0v) is 9.97. The first kappa shape index (κ1) is 12.2. The number of amides is 1. The van der Waals surface area contributed by atoms with E-state index in [9.17, 15) is 4.79 Å². The van der Waals surface area contributed by atoms with Crippen molar-refractivity contribution in [2.24, 2.45) is 0 Å². The number of carbonyl (C=O) groups is 1. The van der Waals surface area contributed by atoms with Gasteiger partial charge in [-0.05, 0) is 13.3 Å². The molecule has 3 heteroatoms. The molecule has 1 amide bonds. The van der Waals surface area contributed by atoms with Gasteiger partial charge in [0, 0.05) is 17.0 Å². The standard InChI is InChI=1S/C12H16ClNO/c1-3-10-6-4-5-9(2)12(10)14-11(15)7-8-13/h4-6H,3,7-8H2,1-2H3,(H,14,15)/p+1. The fourth-order valence-electron chi connectivity index (χ4n) is 1.58. The Balaban J connectivity index is 2.87. The van der Waals surface area contributed by atoms with Gasteiger partial charge in [0.05, 0.1) is 6.42 Å². The van der Waals surface area contributed by atoms with Gasteiger partial charge in [0.2, 0.25) is 0 Å². The van der Waals surface area contributed by atoms with Crippen LogP contribution in [0.25, 0.3) is 0 Å². The number of carbonyl (C=O) groups excluding carboxylic acids is 1. The van der Waals surface area contributed by atoms with E-state index in [4.69, 9.17) is 11.6 Å². The lowest BCUT2D eigenvalue weighted by Gasteiger charge is -2.07. The van der Waals surface area contributed by atoms with E-state index in [-0.39, 0.29) is 5.91 Å². The number of aryl methyl sites for hydroxylation is 2. The molecule has 0 aromatic heterocycles. The minimum atomic E-state index is 0.106. The molecule has 0 bridgehead atoms. The lowest BCUT2D eigenvalue weighted by atomic mass is 10.1. The van der Waals surface area contributed by atoms with Crippen LogP contribution in [0.15, 0.2) is 18.2 Å². The van der Waals surface area contributed by atoms with Crippen molar-refractivity contribution in [1.82, 2.24) is 0 Å². The van der Waals surface area contributed by atoms with Gasteiger partial charge in [0.1, 0.15) is 5.69 Å². The van der Waals surface area contributed by atoms with Crippen molar-refractivity contribution in [3.8, 4) is 0 Å². The van der Waals surface area contributed by atoms with Gasteiger partial charge in [0.15, 0.2) is 0 Å². The van der Waals surface area contributed by atoms with E-state index < -0.39 is 0 Å². The third-order valence-electron chi connectivity index (χ3n) is 2.44. The molecule has 0 fully saturated rings. The molecule has 82 valence electrons. The summed E-state index contributed by atoms with van der Waals surface area (Å²) in [5.41, 5.74) is 3.44. The number of hydrogen-bond donors (Lipinski definition) is 1. The lowest BCUT2D eigenvalue weighted by molar-refractivity contribution is -0.484. The van der Waals surface area contributed by atoms with Crippen LogP contribution in [0.3, 0.4) is 0 Å². The highest BCUT2D eigenvalue weighted by atomic mass is 35.5. The molecule has 0 spiro atoms. The Hall–Kier alpha value is -0.860. The molecule has 1 aromatic carbocycles. The molecule has 1 rings (SSSR count). The Bertz CT molecular complexity index is 349. The molecule has 0 aliphatic heterocycles. The molecule has 0 saturated carbocycles. The van der Waals surface area contributed by atoms with Crippen LogP contribution in [0.2, 0.25) is 0 Å². The lowest BCUT2D eigenvalue weighted by Crippen LogP contribution is -2.83. The predicted octanol–water partition coefficient (Wildman–Crippen LogP) is 1.91. The van der Waals surface area contributed by atoms with Crippen LogP contribution in [0.4, 0.5) is 5.69 Å². The van der Waals surface area contributed by atoms with Crippen molar-refractivity contribution in [3.63, 3.8) is 0 Å². The van der Waals surface area contributed by atoms with Crippen LogP contribution in [0.5, 0.6) is 0 Å². The SMILES string of the molecule is CCc1cccc(C)c1[NH2+]C(=O)CCCl. The van der Waals surface area contributed by atoms with Crippen LogP contribution >= 0.6 is 11.6 Å². The molecule has 0 saturated heterocycles. The van der Waals surface area contributed by atoms with E-state index in [0.29, 0.717) is 12.3 Å². The predicted molar refractivity (Wildman–Crippen MR) is 62.5 cm³/mol. The second-order valence-corrected chi connectivity index (χ2v) is 3.93. The van der Waals surface area contributed by atoms with Crippen LogP contribution in [0.1, 0.15) is 24.5 Å². The molecular formula is C12H17ClNO+. The van der Waals surface area contributed by atoms with E-state index in [0.717, 1.165) is 17.7 Å². The van der Waals surface area contributed by atoms with Crippen molar-refractivity contribution < 1.29 is 10.1 Å². The molecule has 1 aromatic rings. The molecule has 2 N–H and O–H groups in total. The van der Waals surface area contributed by atoms with Gasteiger partial charge >= 0.3 is 5.91 Å². The number of nitrogens with two attached hydrogens (primary N) is 1. The van der Waals surface area contributed by atoms with Gasteiger partial charge in [-0.2, -0.15) is 0 Å². The quantitative estimate of drug-likeness (QED) is 0.618. The van der Waals surface area contributed by atoms with Crippen molar-refractivity contribution in [2.75, 3.05) is 5.88 Å². The largest absolute Gasteiger partial charge is 0.316 e. The first-order chi connectivity index (χ1) is 7.19. The number of benzene rings is 1.